The molecule has 0 radical (unpaired) electrons. The number of methoxy groups -OCH3 is 2. The molecule has 0 saturated heterocycles. The first-order valence-corrected chi connectivity index (χ1v) is 8.63. The van der Waals surface area contributed by atoms with Crippen LogP contribution in [0.2, 0.25) is 0 Å². The van der Waals surface area contributed by atoms with E-state index < -0.39 is 0 Å². The van der Waals surface area contributed by atoms with Crippen molar-refractivity contribution < 1.29 is 9.47 Å². The maximum absolute atomic E-state index is 5.62. The molecule has 0 bridgehead atoms. The molecule has 0 spiro atoms. The standard InChI is InChI=1S/C19H27N3O2/c1-21-17(11-12-20-21)14-22(16-8-4-5-9-16)13-15-7-6-10-18(23-2)19(15)24-3/h6-7,10-12,16H,4-5,8-9,13-14H2,1-3H3. The molecule has 1 aliphatic rings. The fraction of sp³-hybridized carbons (Fsp3) is 0.526. The van der Waals surface area contributed by atoms with E-state index in [0.717, 1.165) is 24.6 Å². The van der Waals surface area contributed by atoms with Gasteiger partial charge in [-0.2, -0.15) is 5.10 Å². The lowest BCUT2D eigenvalue weighted by Gasteiger charge is -2.29. The minimum atomic E-state index is 0.621. The molecule has 1 aromatic heterocycles. The van der Waals surface area contributed by atoms with Gasteiger partial charge in [0.15, 0.2) is 11.5 Å². The van der Waals surface area contributed by atoms with Gasteiger partial charge in [-0.05, 0) is 25.0 Å². The van der Waals surface area contributed by atoms with Crippen molar-refractivity contribution in [1.29, 1.82) is 0 Å². The summed E-state index contributed by atoms with van der Waals surface area (Å²) < 4.78 is 13.0. The maximum Gasteiger partial charge on any atom is 0.165 e. The van der Waals surface area contributed by atoms with Crippen molar-refractivity contribution in [3.63, 3.8) is 0 Å². The van der Waals surface area contributed by atoms with Crippen LogP contribution in [0.25, 0.3) is 0 Å². The Hall–Kier alpha value is -2.01. The smallest absolute Gasteiger partial charge is 0.165 e. The third-order valence-corrected chi connectivity index (χ3v) is 4.99. The quantitative estimate of drug-likeness (QED) is 0.781. The van der Waals surface area contributed by atoms with Crippen LogP contribution in [0.4, 0.5) is 0 Å². The first-order valence-electron chi connectivity index (χ1n) is 8.63. The molecule has 24 heavy (non-hydrogen) atoms. The number of para-hydroxylation sites is 1. The van der Waals surface area contributed by atoms with Crippen molar-refractivity contribution in [2.24, 2.45) is 7.05 Å². The second kappa shape index (κ2) is 7.71. The average molecular weight is 329 g/mol. The van der Waals surface area contributed by atoms with Gasteiger partial charge in [0.2, 0.25) is 0 Å². The molecule has 0 aliphatic heterocycles. The largest absolute Gasteiger partial charge is 0.493 e. The Kier molecular flexibility index (Phi) is 5.41. The van der Waals surface area contributed by atoms with Crippen molar-refractivity contribution in [3.8, 4) is 11.5 Å². The summed E-state index contributed by atoms with van der Waals surface area (Å²) >= 11 is 0. The highest BCUT2D eigenvalue weighted by atomic mass is 16.5. The van der Waals surface area contributed by atoms with Gasteiger partial charge in [0.05, 0.1) is 19.9 Å². The van der Waals surface area contributed by atoms with E-state index in [4.69, 9.17) is 9.47 Å². The molecule has 3 rings (SSSR count). The molecule has 0 N–H and O–H groups in total. The second-order valence-corrected chi connectivity index (χ2v) is 6.44. The molecule has 2 aromatic rings. The molecule has 5 nitrogen and oxygen atoms in total. The van der Waals surface area contributed by atoms with Gasteiger partial charge in [0.1, 0.15) is 0 Å². The number of benzene rings is 1. The minimum absolute atomic E-state index is 0.621. The SMILES string of the molecule is COc1cccc(CN(Cc2ccnn2C)C2CCCC2)c1OC. The summed E-state index contributed by atoms with van der Waals surface area (Å²) in [6.07, 6.45) is 7.05. The molecule has 1 aromatic carbocycles. The normalized spacial score (nSPS) is 15.2. The number of hydrogen-bond donors (Lipinski definition) is 0. The highest BCUT2D eigenvalue weighted by Crippen LogP contribution is 2.34. The third kappa shape index (κ3) is 3.56. The molecule has 130 valence electrons. The van der Waals surface area contributed by atoms with E-state index in [1.54, 1.807) is 14.2 Å². The Balaban J connectivity index is 1.85. The average Bonchev–Trinajstić information content (AvgIpc) is 3.26. The summed E-state index contributed by atoms with van der Waals surface area (Å²) in [4.78, 5) is 2.56. The van der Waals surface area contributed by atoms with Gasteiger partial charge < -0.3 is 9.47 Å². The Morgan fingerprint density at radius 1 is 1.12 bits per heavy atom. The Bertz CT molecular complexity index is 662. The number of hydrogen-bond acceptors (Lipinski definition) is 4. The lowest BCUT2D eigenvalue weighted by molar-refractivity contribution is 0.173. The predicted octanol–water partition coefficient (Wildman–Crippen LogP) is 3.38. The van der Waals surface area contributed by atoms with Crippen molar-refractivity contribution in [2.45, 2.75) is 44.8 Å². The van der Waals surface area contributed by atoms with E-state index in [1.807, 2.05) is 30.1 Å². The zero-order valence-electron chi connectivity index (χ0n) is 14.9. The number of ether oxygens (including phenoxy) is 2. The number of rotatable bonds is 7. The van der Waals surface area contributed by atoms with Crippen LogP contribution in [-0.2, 0) is 20.1 Å². The Labute approximate surface area is 144 Å². The van der Waals surface area contributed by atoms with Crippen LogP contribution in [0.1, 0.15) is 36.9 Å². The molecule has 0 atom stereocenters. The van der Waals surface area contributed by atoms with Gasteiger partial charge in [-0.3, -0.25) is 9.58 Å². The highest BCUT2D eigenvalue weighted by Gasteiger charge is 2.25. The molecule has 1 saturated carbocycles. The van der Waals surface area contributed by atoms with Crippen LogP contribution in [0.5, 0.6) is 11.5 Å². The zero-order chi connectivity index (χ0) is 16.9. The van der Waals surface area contributed by atoms with E-state index >= 15 is 0 Å². The van der Waals surface area contributed by atoms with Crippen LogP contribution >= 0.6 is 0 Å². The third-order valence-electron chi connectivity index (χ3n) is 4.99. The van der Waals surface area contributed by atoms with Gasteiger partial charge in [-0.25, -0.2) is 0 Å². The van der Waals surface area contributed by atoms with E-state index in [2.05, 4.69) is 22.1 Å². The minimum Gasteiger partial charge on any atom is -0.493 e. The predicted molar refractivity (Wildman–Crippen MR) is 94.3 cm³/mol. The molecule has 1 heterocycles. The highest BCUT2D eigenvalue weighted by molar-refractivity contribution is 5.46. The molecule has 1 aliphatic carbocycles. The van der Waals surface area contributed by atoms with Gasteiger partial charge in [0, 0.05) is 37.9 Å². The van der Waals surface area contributed by atoms with E-state index in [9.17, 15) is 0 Å². The van der Waals surface area contributed by atoms with E-state index in [-0.39, 0.29) is 0 Å². The molecular formula is C19H27N3O2. The summed E-state index contributed by atoms with van der Waals surface area (Å²) in [6, 6.07) is 8.84. The van der Waals surface area contributed by atoms with Crippen LogP contribution in [0.15, 0.2) is 30.5 Å². The van der Waals surface area contributed by atoms with Crippen molar-refractivity contribution in [2.75, 3.05) is 14.2 Å². The van der Waals surface area contributed by atoms with Gasteiger partial charge in [-0.15, -0.1) is 0 Å². The number of aromatic nitrogens is 2. The maximum atomic E-state index is 5.62. The van der Waals surface area contributed by atoms with Crippen molar-refractivity contribution in [3.05, 3.63) is 41.7 Å². The fourth-order valence-electron chi connectivity index (χ4n) is 3.65. The van der Waals surface area contributed by atoms with Gasteiger partial charge in [0.25, 0.3) is 0 Å². The first kappa shape index (κ1) is 16.8. The number of nitrogens with zero attached hydrogens (tertiary/aromatic N) is 3. The molecule has 5 heteroatoms. The van der Waals surface area contributed by atoms with Crippen LogP contribution in [0.3, 0.4) is 0 Å². The molecule has 0 unspecified atom stereocenters. The Morgan fingerprint density at radius 3 is 2.54 bits per heavy atom. The molecule has 0 amide bonds. The lowest BCUT2D eigenvalue weighted by atomic mass is 10.1. The summed E-state index contributed by atoms with van der Waals surface area (Å²) in [5.74, 6) is 1.63. The van der Waals surface area contributed by atoms with Gasteiger partial charge in [-0.1, -0.05) is 25.0 Å². The van der Waals surface area contributed by atoms with Crippen LogP contribution in [-0.4, -0.2) is 34.9 Å². The Morgan fingerprint density at radius 2 is 1.92 bits per heavy atom. The summed E-state index contributed by atoms with van der Waals surface area (Å²) in [7, 11) is 5.41. The topological polar surface area (TPSA) is 39.5 Å². The zero-order valence-corrected chi connectivity index (χ0v) is 14.9. The summed E-state index contributed by atoms with van der Waals surface area (Å²) in [6.45, 7) is 1.76. The van der Waals surface area contributed by atoms with Crippen LogP contribution in [0, 0.1) is 0 Å². The second-order valence-electron chi connectivity index (χ2n) is 6.44. The first-order chi connectivity index (χ1) is 11.7. The molecular weight excluding hydrogens is 302 g/mol. The van der Waals surface area contributed by atoms with Crippen LogP contribution < -0.4 is 9.47 Å². The van der Waals surface area contributed by atoms with Crippen molar-refractivity contribution in [1.82, 2.24) is 14.7 Å². The summed E-state index contributed by atoms with van der Waals surface area (Å²) in [5.41, 5.74) is 2.41. The van der Waals surface area contributed by atoms with Crippen molar-refractivity contribution >= 4 is 0 Å². The summed E-state index contributed by atoms with van der Waals surface area (Å²) in [5, 5.41) is 4.31. The monoisotopic (exact) mass is 329 g/mol. The fourth-order valence-corrected chi connectivity index (χ4v) is 3.65. The van der Waals surface area contributed by atoms with E-state index in [0.29, 0.717) is 6.04 Å². The lowest BCUT2D eigenvalue weighted by Crippen LogP contribution is -2.33. The van der Waals surface area contributed by atoms with E-state index in [1.165, 1.54) is 36.9 Å². The number of aryl methyl sites for hydroxylation is 1. The van der Waals surface area contributed by atoms with Gasteiger partial charge >= 0.3 is 0 Å². The molecule has 1 fully saturated rings.